The molecule has 0 aromatic carbocycles. The Balaban J connectivity index is 1.72. The van der Waals surface area contributed by atoms with Crippen LogP contribution in [0.25, 0.3) is 0 Å². The fraction of sp³-hybridized carbons (Fsp3) is 1.00. The standard InChI is InChI=1S/C12H23NO3/c14-8-9-16-10-4-6-13(7-5-10)11-2-1-3-12(11)15/h10-12,14-15H,1-9H2. The Bertz CT molecular complexity index is 204. The second kappa shape index (κ2) is 5.96. The van der Waals surface area contributed by atoms with Gasteiger partial charge in [0.05, 0.1) is 25.4 Å². The zero-order valence-corrected chi connectivity index (χ0v) is 9.85. The van der Waals surface area contributed by atoms with Gasteiger partial charge in [-0.05, 0) is 32.1 Å². The van der Waals surface area contributed by atoms with E-state index in [4.69, 9.17) is 9.84 Å². The number of aliphatic hydroxyl groups is 2. The lowest BCUT2D eigenvalue weighted by Crippen LogP contribution is -2.46. The normalized spacial score (nSPS) is 33.4. The molecule has 2 fully saturated rings. The first kappa shape index (κ1) is 12.3. The van der Waals surface area contributed by atoms with Crippen LogP contribution in [0.5, 0.6) is 0 Å². The molecule has 2 unspecified atom stereocenters. The highest BCUT2D eigenvalue weighted by Crippen LogP contribution is 2.27. The summed E-state index contributed by atoms with van der Waals surface area (Å²) in [6.07, 6.45) is 5.52. The number of nitrogens with zero attached hydrogens (tertiary/aromatic N) is 1. The van der Waals surface area contributed by atoms with Crippen molar-refractivity contribution in [3.05, 3.63) is 0 Å². The zero-order valence-electron chi connectivity index (χ0n) is 9.85. The molecule has 2 N–H and O–H groups in total. The summed E-state index contributed by atoms with van der Waals surface area (Å²) in [5, 5.41) is 18.5. The Labute approximate surface area is 97.2 Å². The van der Waals surface area contributed by atoms with E-state index in [1.807, 2.05) is 0 Å². The van der Waals surface area contributed by atoms with E-state index in [1.54, 1.807) is 0 Å². The minimum atomic E-state index is -0.116. The molecule has 0 spiro atoms. The van der Waals surface area contributed by atoms with Crippen LogP contribution in [0.4, 0.5) is 0 Å². The molecule has 4 nitrogen and oxygen atoms in total. The highest BCUT2D eigenvalue weighted by molar-refractivity contribution is 4.87. The molecule has 1 saturated carbocycles. The van der Waals surface area contributed by atoms with Crippen LogP contribution in [0.15, 0.2) is 0 Å². The number of ether oxygens (including phenoxy) is 1. The molecule has 0 aromatic rings. The SMILES string of the molecule is OCCOC1CCN(C2CCCC2O)CC1. The van der Waals surface area contributed by atoms with E-state index in [0.29, 0.717) is 18.8 Å². The maximum absolute atomic E-state index is 9.84. The van der Waals surface area contributed by atoms with Gasteiger partial charge in [0.2, 0.25) is 0 Å². The van der Waals surface area contributed by atoms with Crippen LogP contribution in [0, 0.1) is 0 Å². The second-order valence-electron chi connectivity index (χ2n) is 4.90. The molecule has 2 aliphatic rings. The van der Waals surface area contributed by atoms with E-state index in [9.17, 15) is 5.11 Å². The summed E-state index contributed by atoms with van der Waals surface area (Å²) in [7, 11) is 0. The van der Waals surface area contributed by atoms with Crippen LogP contribution in [-0.2, 0) is 4.74 Å². The van der Waals surface area contributed by atoms with E-state index in [0.717, 1.165) is 45.2 Å². The van der Waals surface area contributed by atoms with Gasteiger partial charge in [0.15, 0.2) is 0 Å². The fourth-order valence-corrected chi connectivity index (χ4v) is 2.94. The molecule has 94 valence electrons. The lowest BCUT2D eigenvalue weighted by molar-refractivity contribution is -0.0266. The Morgan fingerprint density at radius 2 is 1.88 bits per heavy atom. The van der Waals surface area contributed by atoms with Crippen molar-refractivity contribution in [2.75, 3.05) is 26.3 Å². The van der Waals surface area contributed by atoms with Crippen molar-refractivity contribution in [2.45, 2.75) is 50.4 Å². The third-order valence-electron chi connectivity index (χ3n) is 3.83. The molecular formula is C12H23NO3. The lowest BCUT2D eigenvalue weighted by atomic mass is 10.0. The molecule has 16 heavy (non-hydrogen) atoms. The molecule has 0 bridgehead atoms. The van der Waals surface area contributed by atoms with E-state index in [-0.39, 0.29) is 12.7 Å². The highest BCUT2D eigenvalue weighted by atomic mass is 16.5. The maximum atomic E-state index is 9.84. The van der Waals surface area contributed by atoms with Crippen LogP contribution >= 0.6 is 0 Å². The van der Waals surface area contributed by atoms with Gasteiger partial charge in [0, 0.05) is 19.1 Å². The molecule has 1 saturated heterocycles. The Hall–Kier alpha value is -0.160. The van der Waals surface area contributed by atoms with Gasteiger partial charge in [-0.15, -0.1) is 0 Å². The Morgan fingerprint density at radius 3 is 2.44 bits per heavy atom. The first-order valence-corrected chi connectivity index (χ1v) is 6.46. The summed E-state index contributed by atoms with van der Waals surface area (Å²) >= 11 is 0. The van der Waals surface area contributed by atoms with Gasteiger partial charge in [-0.2, -0.15) is 0 Å². The van der Waals surface area contributed by atoms with E-state index in [2.05, 4.69) is 4.90 Å². The summed E-state index contributed by atoms with van der Waals surface area (Å²) in [5.41, 5.74) is 0. The number of aliphatic hydroxyl groups excluding tert-OH is 2. The molecule has 0 amide bonds. The first-order chi connectivity index (χ1) is 7.81. The van der Waals surface area contributed by atoms with Gasteiger partial charge in [-0.1, -0.05) is 0 Å². The number of hydrogen-bond donors (Lipinski definition) is 2. The van der Waals surface area contributed by atoms with Gasteiger partial charge < -0.3 is 14.9 Å². The molecule has 2 rings (SSSR count). The van der Waals surface area contributed by atoms with Crippen molar-refractivity contribution in [2.24, 2.45) is 0 Å². The summed E-state index contributed by atoms with van der Waals surface area (Å²) in [5.74, 6) is 0. The topological polar surface area (TPSA) is 52.9 Å². The minimum Gasteiger partial charge on any atom is -0.394 e. The van der Waals surface area contributed by atoms with Gasteiger partial charge in [-0.3, -0.25) is 4.90 Å². The summed E-state index contributed by atoms with van der Waals surface area (Å²) in [4.78, 5) is 2.41. The van der Waals surface area contributed by atoms with Crippen molar-refractivity contribution < 1.29 is 14.9 Å². The molecule has 1 aliphatic heterocycles. The maximum Gasteiger partial charge on any atom is 0.0701 e. The van der Waals surface area contributed by atoms with Crippen molar-refractivity contribution in [3.8, 4) is 0 Å². The summed E-state index contributed by atoms with van der Waals surface area (Å²) < 4.78 is 5.53. The van der Waals surface area contributed by atoms with E-state index in [1.165, 1.54) is 0 Å². The van der Waals surface area contributed by atoms with Crippen LogP contribution in [-0.4, -0.2) is 59.7 Å². The molecule has 0 aromatic heterocycles. The predicted molar refractivity (Wildman–Crippen MR) is 61.3 cm³/mol. The van der Waals surface area contributed by atoms with Gasteiger partial charge in [0.1, 0.15) is 0 Å². The largest absolute Gasteiger partial charge is 0.394 e. The summed E-state index contributed by atoms with van der Waals surface area (Å²) in [6.45, 7) is 2.62. The van der Waals surface area contributed by atoms with Crippen molar-refractivity contribution in [1.29, 1.82) is 0 Å². The number of hydrogen-bond acceptors (Lipinski definition) is 4. The molecule has 1 heterocycles. The molecule has 4 heteroatoms. The van der Waals surface area contributed by atoms with Gasteiger partial charge in [-0.25, -0.2) is 0 Å². The molecule has 2 atom stereocenters. The van der Waals surface area contributed by atoms with Gasteiger partial charge >= 0.3 is 0 Å². The van der Waals surface area contributed by atoms with E-state index < -0.39 is 0 Å². The number of likely N-dealkylation sites (tertiary alicyclic amines) is 1. The van der Waals surface area contributed by atoms with Gasteiger partial charge in [0.25, 0.3) is 0 Å². The average Bonchev–Trinajstić information content (AvgIpc) is 2.74. The van der Waals surface area contributed by atoms with Crippen LogP contribution < -0.4 is 0 Å². The van der Waals surface area contributed by atoms with Crippen molar-refractivity contribution in [1.82, 2.24) is 4.90 Å². The lowest BCUT2D eigenvalue weighted by Gasteiger charge is -2.37. The van der Waals surface area contributed by atoms with Crippen molar-refractivity contribution >= 4 is 0 Å². The van der Waals surface area contributed by atoms with Crippen LogP contribution in [0.2, 0.25) is 0 Å². The monoisotopic (exact) mass is 229 g/mol. The smallest absolute Gasteiger partial charge is 0.0701 e. The predicted octanol–water partition coefficient (Wildman–Crippen LogP) is 0.373. The zero-order chi connectivity index (χ0) is 11.4. The van der Waals surface area contributed by atoms with E-state index >= 15 is 0 Å². The van der Waals surface area contributed by atoms with Crippen LogP contribution in [0.3, 0.4) is 0 Å². The first-order valence-electron chi connectivity index (χ1n) is 6.46. The third kappa shape index (κ3) is 2.94. The quantitative estimate of drug-likeness (QED) is 0.731. The second-order valence-corrected chi connectivity index (χ2v) is 4.90. The number of rotatable bonds is 4. The summed E-state index contributed by atoms with van der Waals surface area (Å²) in [6, 6.07) is 0.388. The average molecular weight is 229 g/mol. The highest BCUT2D eigenvalue weighted by Gasteiger charge is 2.32. The molecule has 0 radical (unpaired) electrons. The Morgan fingerprint density at radius 1 is 1.12 bits per heavy atom. The van der Waals surface area contributed by atoms with Crippen LogP contribution in [0.1, 0.15) is 32.1 Å². The number of piperidine rings is 1. The third-order valence-corrected chi connectivity index (χ3v) is 3.83. The Kier molecular flexibility index (Phi) is 4.58. The molecular weight excluding hydrogens is 206 g/mol. The van der Waals surface area contributed by atoms with Crippen molar-refractivity contribution in [3.63, 3.8) is 0 Å². The molecule has 1 aliphatic carbocycles. The fourth-order valence-electron chi connectivity index (χ4n) is 2.94. The minimum absolute atomic E-state index is 0.113.